The van der Waals surface area contributed by atoms with Gasteiger partial charge in [0.25, 0.3) is 0 Å². The smallest absolute Gasteiger partial charge is 0.302 e. The SMILES string of the molecule is CC(=O)OC1CC[C@]2(C)[C@H]3CC[C@]4(C)C(=O)CC[C@H]4[C@@H]3CC3O[C@@]32C1. The molecule has 1 spiro atoms. The largest absolute Gasteiger partial charge is 0.462 e. The van der Waals surface area contributed by atoms with E-state index < -0.39 is 0 Å². The van der Waals surface area contributed by atoms with Gasteiger partial charge in [-0.3, -0.25) is 9.59 Å². The molecule has 138 valence electrons. The van der Waals surface area contributed by atoms with Gasteiger partial charge in [-0.25, -0.2) is 0 Å². The fourth-order valence-corrected chi connectivity index (χ4v) is 7.75. The number of ketones is 1. The lowest BCUT2D eigenvalue weighted by Gasteiger charge is -2.58. The average Bonchev–Trinajstić information content (AvgIpc) is 3.15. The van der Waals surface area contributed by atoms with Gasteiger partial charge in [-0.15, -0.1) is 0 Å². The summed E-state index contributed by atoms with van der Waals surface area (Å²) in [7, 11) is 0. The number of ether oxygens (including phenoxy) is 2. The van der Waals surface area contributed by atoms with Gasteiger partial charge in [0.15, 0.2) is 0 Å². The van der Waals surface area contributed by atoms with Gasteiger partial charge in [-0.1, -0.05) is 13.8 Å². The van der Waals surface area contributed by atoms with Crippen LogP contribution in [0.5, 0.6) is 0 Å². The third-order valence-electron chi connectivity index (χ3n) is 9.08. The van der Waals surface area contributed by atoms with Crippen molar-refractivity contribution in [1.82, 2.24) is 0 Å². The summed E-state index contributed by atoms with van der Waals surface area (Å²) in [4.78, 5) is 23.9. The first-order chi connectivity index (χ1) is 11.8. The van der Waals surface area contributed by atoms with Gasteiger partial charge >= 0.3 is 5.97 Å². The van der Waals surface area contributed by atoms with E-state index >= 15 is 0 Å². The van der Waals surface area contributed by atoms with Crippen molar-refractivity contribution in [2.75, 3.05) is 0 Å². The number of carbonyl (C=O) groups excluding carboxylic acids is 2. The van der Waals surface area contributed by atoms with Crippen molar-refractivity contribution in [2.45, 2.75) is 89.9 Å². The number of hydrogen-bond acceptors (Lipinski definition) is 4. The van der Waals surface area contributed by atoms with E-state index in [0.29, 0.717) is 29.6 Å². The number of Topliss-reactive ketones (excluding diaryl/α,β-unsaturated/α-hetero) is 1. The van der Waals surface area contributed by atoms with Crippen LogP contribution in [0.4, 0.5) is 0 Å². The van der Waals surface area contributed by atoms with Gasteiger partial charge < -0.3 is 9.47 Å². The minimum absolute atomic E-state index is 0.0223. The summed E-state index contributed by atoms with van der Waals surface area (Å²) < 4.78 is 12.0. The molecular weight excluding hydrogens is 316 g/mol. The molecule has 1 aliphatic heterocycles. The van der Waals surface area contributed by atoms with Crippen LogP contribution in [0.3, 0.4) is 0 Å². The first-order valence-corrected chi connectivity index (χ1v) is 10.2. The predicted molar refractivity (Wildman–Crippen MR) is 91.8 cm³/mol. The predicted octanol–water partition coefficient (Wildman–Crippen LogP) is 3.66. The summed E-state index contributed by atoms with van der Waals surface area (Å²) in [6, 6.07) is 0. The molecule has 0 bridgehead atoms. The summed E-state index contributed by atoms with van der Waals surface area (Å²) in [6.45, 7) is 6.18. The van der Waals surface area contributed by atoms with E-state index in [2.05, 4.69) is 13.8 Å². The highest BCUT2D eigenvalue weighted by Gasteiger charge is 2.76. The summed E-state index contributed by atoms with van der Waals surface area (Å²) in [5.41, 5.74) is 0.0500. The van der Waals surface area contributed by atoms with Crippen LogP contribution in [0, 0.1) is 28.6 Å². The third kappa shape index (κ3) is 1.92. The van der Waals surface area contributed by atoms with Crippen molar-refractivity contribution in [3.63, 3.8) is 0 Å². The standard InChI is InChI=1S/C21H30O4/c1-12(22)24-13-6-9-20(3)16-7-8-19(2)15(4-5-17(19)23)14(16)10-18-21(20,11-13)25-18/h13-16,18H,4-11H2,1-3H3/t13?,14-,15-,16-,18?,19-,20+,21-/m0/s1. The highest BCUT2D eigenvalue weighted by molar-refractivity contribution is 5.87. The molecule has 0 amide bonds. The molecule has 0 aromatic heterocycles. The molecule has 0 radical (unpaired) electrons. The van der Waals surface area contributed by atoms with Gasteiger partial charge in [0, 0.05) is 30.6 Å². The molecule has 5 rings (SSSR count). The van der Waals surface area contributed by atoms with E-state index in [0.717, 1.165) is 51.4 Å². The molecule has 8 atom stereocenters. The van der Waals surface area contributed by atoms with Crippen molar-refractivity contribution in [3.8, 4) is 0 Å². The number of fused-ring (bicyclic) bond motifs is 4. The van der Waals surface area contributed by atoms with Crippen LogP contribution in [0.15, 0.2) is 0 Å². The lowest BCUT2D eigenvalue weighted by Crippen LogP contribution is -2.58. The molecular formula is C21H30O4. The number of esters is 1. The molecule has 2 unspecified atom stereocenters. The Hall–Kier alpha value is -0.900. The molecule has 4 nitrogen and oxygen atoms in total. The van der Waals surface area contributed by atoms with Crippen molar-refractivity contribution in [2.24, 2.45) is 28.6 Å². The molecule has 5 aliphatic rings. The molecule has 25 heavy (non-hydrogen) atoms. The Morgan fingerprint density at radius 1 is 1.16 bits per heavy atom. The molecule has 4 aliphatic carbocycles. The zero-order valence-corrected chi connectivity index (χ0v) is 15.7. The van der Waals surface area contributed by atoms with Crippen LogP contribution < -0.4 is 0 Å². The van der Waals surface area contributed by atoms with Crippen molar-refractivity contribution >= 4 is 11.8 Å². The zero-order chi connectivity index (χ0) is 17.6. The topological polar surface area (TPSA) is 55.9 Å². The van der Waals surface area contributed by atoms with Gasteiger partial charge in [0.1, 0.15) is 17.5 Å². The first-order valence-electron chi connectivity index (χ1n) is 10.2. The normalized spacial score (nSPS) is 56.3. The minimum Gasteiger partial charge on any atom is -0.462 e. The lowest BCUT2D eigenvalue weighted by molar-refractivity contribution is -0.157. The second-order valence-electron chi connectivity index (χ2n) is 9.92. The number of rotatable bonds is 1. The molecule has 1 heterocycles. The van der Waals surface area contributed by atoms with E-state index in [1.165, 1.54) is 6.92 Å². The Morgan fingerprint density at radius 2 is 1.96 bits per heavy atom. The van der Waals surface area contributed by atoms with E-state index in [1.807, 2.05) is 0 Å². The first kappa shape index (κ1) is 16.3. The van der Waals surface area contributed by atoms with Gasteiger partial charge in [0.2, 0.25) is 0 Å². The Labute approximate surface area is 150 Å². The third-order valence-corrected chi connectivity index (χ3v) is 9.08. The fraction of sp³-hybridized carbons (Fsp3) is 0.905. The molecule has 5 fully saturated rings. The van der Waals surface area contributed by atoms with E-state index in [-0.39, 0.29) is 28.5 Å². The molecule has 0 aromatic carbocycles. The summed E-state index contributed by atoms with van der Waals surface area (Å²) >= 11 is 0. The van der Waals surface area contributed by atoms with Crippen LogP contribution in [0.25, 0.3) is 0 Å². The van der Waals surface area contributed by atoms with Crippen LogP contribution in [-0.4, -0.2) is 29.6 Å². The maximum Gasteiger partial charge on any atom is 0.302 e. The molecule has 4 heteroatoms. The van der Waals surface area contributed by atoms with Gasteiger partial charge in [0.05, 0.1) is 6.10 Å². The fourth-order valence-electron chi connectivity index (χ4n) is 7.75. The summed E-state index contributed by atoms with van der Waals surface area (Å²) in [5, 5.41) is 0. The zero-order valence-electron chi connectivity index (χ0n) is 15.7. The van der Waals surface area contributed by atoms with Crippen LogP contribution in [-0.2, 0) is 19.1 Å². The van der Waals surface area contributed by atoms with Crippen molar-refractivity contribution < 1.29 is 19.1 Å². The second kappa shape index (κ2) is 4.88. The van der Waals surface area contributed by atoms with Gasteiger partial charge in [-0.05, 0) is 56.3 Å². The maximum absolute atomic E-state index is 12.5. The molecule has 0 N–H and O–H groups in total. The summed E-state index contributed by atoms with van der Waals surface area (Å²) in [5.74, 6) is 2.19. The van der Waals surface area contributed by atoms with Crippen LogP contribution >= 0.6 is 0 Å². The second-order valence-corrected chi connectivity index (χ2v) is 9.92. The highest BCUT2D eigenvalue weighted by atomic mass is 16.6. The number of hydrogen-bond donors (Lipinski definition) is 0. The quantitative estimate of drug-likeness (QED) is 0.537. The maximum atomic E-state index is 12.5. The van der Waals surface area contributed by atoms with E-state index in [4.69, 9.17) is 9.47 Å². The van der Waals surface area contributed by atoms with Crippen LogP contribution in [0.2, 0.25) is 0 Å². The Kier molecular flexibility index (Phi) is 3.18. The summed E-state index contributed by atoms with van der Waals surface area (Å²) in [6.07, 6.45) is 8.45. The average molecular weight is 346 g/mol. The van der Waals surface area contributed by atoms with E-state index in [9.17, 15) is 9.59 Å². The van der Waals surface area contributed by atoms with E-state index in [1.54, 1.807) is 0 Å². The number of carbonyl (C=O) groups is 2. The monoisotopic (exact) mass is 346 g/mol. The number of epoxide rings is 1. The van der Waals surface area contributed by atoms with Crippen molar-refractivity contribution in [3.05, 3.63) is 0 Å². The minimum atomic E-state index is -0.172. The Balaban J connectivity index is 1.44. The molecule has 4 saturated carbocycles. The molecule has 1 saturated heterocycles. The Bertz CT molecular complexity index is 644. The lowest BCUT2D eigenvalue weighted by atomic mass is 9.45. The highest BCUT2D eigenvalue weighted by Crippen LogP contribution is 2.73. The van der Waals surface area contributed by atoms with Crippen LogP contribution in [0.1, 0.15) is 72.1 Å². The van der Waals surface area contributed by atoms with Gasteiger partial charge in [-0.2, -0.15) is 0 Å². The molecule has 0 aromatic rings. The Morgan fingerprint density at radius 3 is 2.72 bits per heavy atom. The van der Waals surface area contributed by atoms with Crippen molar-refractivity contribution in [1.29, 1.82) is 0 Å².